The minimum Gasteiger partial charge on any atom is -0.228 e. The van der Waals surface area contributed by atoms with Gasteiger partial charge in [-0.15, -0.1) is 0 Å². The molecule has 0 radical (unpaired) electrons. The summed E-state index contributed by atoms with van der Waals surface area (Å²) in [7, 11) is 0. The van der Waals surface area contributed by atoms with Crippen LogP contribution in [0.3, 0.4) is 0 Å². The van der Waals surface area contributed by atoms with Crippen molar-refractivity contribution in [2.24, 2.45) is 0 Å². The molecule has 0 spiro atoms. The molecule has 1 aromatic heterocycles. The first-order chi connectivity index (χ1) is 27.3. The van der Waals surface area contributed by atoms with Gasteiger partial charge in [0, 0.05) is 16.7 Å². The van der Waals surface area contributed by atoms with E-state index >= 15 is 0 Å². The molecule has 258 valence electrons. The molecule has 8 aromatic carbocycles. The molecular weight excluding hydrogens is 665 g/mol. The monoisotopic (exact) mass is 700 g/mol. The number of aromatic nitrogens is 2. The van der Waals surface area contributed by atoms with Crippen LogP contribution in [0.4, 0.5) is 0 Å². The highest BCUT2D eigenvalue weighted by molar-refractivity contribution is 5.96. The van der Waals surface area contributed by atoms with Crippen molar-refractivity contribution in [3.05, 3.63) is 241 Å². The van der Waals surface area contributed by atoms with Crippen LogP contribution >= 0.6 is 0 Å². The average Bonchev–Trinajstić information content (AvgIpc) is 3.59. The van der Waals surface area contributed by atoms with Crippen LogP contribution in [0.2, 0.25) is 0 Å². The first kappa shape index (κ1) is 32.5. The third kappa shape index (κ3) is 5.59. The van der Waals surface area contributed by atoms with Gasteiger partial charge in [-0.3, -0.25) is 0 Å². The minimum atomic E-state index is -0.439. The molecule has 10 rings (SSSR count). The summed E-state index contributed by atoms with van der Waals surface area (Å²) in [6, 6.07) is 78.2. The standard InChI is InChI=1S/C53H36N2/c1-5-18-37(19-6-1)49-36-50(55-52(54-49)38-20-7-2-8-21-38)42-25-16-23-40(35-42)39-22-15-24-41(34-39)45-31-17-33-48-51(45)46-30-13-14-32-47(46)53(48,43-26-9-3-10-27-43)44-28-11-4-12-29-44/h1-36H. The molecule has 0 unspecified atom stereocenters. The molecule has 2 heteroatoms. The van der Waals surface area contributed by atoms with Crippen LogP contribution in [0, 0.1) is 0 Å². The summed E-state index contributed by atoms with van der Waals surface area (Å²) >= 11 is 0. The highest BCUT2D eigenvalue weighted by Crippen LogP contribution is 2.58. The van der Waals surface area contributed by atoms with Gasteiger partial charge in [0.1, 0.15) is 0 Å². The van der Waals surface area contributed by atoms with E-state index in [2.05, 4.69) is 194 Å². The van der Waals surface area contributed by atoms with Crippen LogP contribution in [0.5, 0.6) is 0 Å². The molecule has 0 N–H and O–H groups in total. The van der Waals surface area contributed by atoms with Crippen molar-refractivity contribution in [1.29, 1.82) is 0 Å². The van der Waals surface area contributed by atoms with E-state index in [-0.39, 0.29) is 0 Å². The lowest BCUT2D eigenvalue weighted by Gasteiger charge is -2.34. The van der Waals surface area contributed by atoms with Gasteiger partial charge in [0.15, 0.2) is 5.82 Å². The van der Waals surface area contributed by atoms with Gasteiger partial charge >= 0.3 is 0 Å². The molecule has 1 aliphatic carbocycles. The summed E-state index contributed by atoms with van der Waals surface area (Å²) in [5.74, 6) is 0.713. The molecule has 0 fully saturated rings. The van der Waals surface area contributed by atoms with Crippen molar-refractivity contribution < 1.29 is 0 Å². The van der Waals surface area contributed by atoms with E-state index in [0.29, 0.717) is 5.82 Å². The van der Waals surface area contributed by atoms with Crippen LogP contribution < -0.4 is 0 Å². The molecular formula is C53H36N2. The second-order valence-corrected chi connectivity index (χ2v) is 14.1. The van der Waals surface area contributed by atoms with Crippen LogP contribution in [-0.4, -0.2) is 9.97 Å². The number of benzene rings is 8. The average molecular weight is 701 g/mol. The number of rotatable bonds is 7. The van der Waals surface area contributed by atoms with Gasteiger partial charge in [-0.05, 0) is 73.8 Å². The van der Waals surface area contributed by atoms with Gasteiger partial charge in [0.2, 0.25) is 0 Å². The zero-order valence-corrected chi connectivity index (χ0v) is 30.2. The highest BCUT2D eigenvalue weighted by atomic mass is 14.9. The van der Waals surface area contributed by atoms with Crippen molar-refractivity contribution in [2.75, 3.05) is 0 Å². The van der Waals surface area contributed by atoms with E-state index in [1.165, 1.54) is 44.5 Å². The highest BCUT2D eigenvalue weighted by Gasteiger charge is 2.46. The maximum absolute atomic E-state index is 5.11. The third-order valence-electron chi connectivity index (χ3n) is 11.0. The summed E-state index contributed by atoms with van der Waals surface area (Å²) in [5, 5.41) is 0. The maximum Gasteiger partial charge on any atom is 0.160 e. The van der Waals surface area contributed by atoms with E-state index in [1.807, 2.05) is 24.3 Å². The largest absolute Gasteiger partial charge is 0.228 e. The summed E-state index contributed by atoms with van der Waals surface area (Å²) in [6.07, 6.45) is 0. The molecule has 9 aromatic rings. The predicted molar refractivity (Wildman–Crippen MR) is 227 cm³/mol. The van der Waals surface area contributed by atoms with E-state index < -0.39 is 5.41 Å². The molecule has 1 aliphatic rings. The second kappa shape index (κ2) is 13.7. The van der Waals surface area contributed by atoms with Gasteiger partial charge in [-0.25, -0.2) is 9.97 Å². The Balaban J connectivity index is 1.11. The summed E-state index contributed by atoms with van der Waals surface area (Å²) in [6.45, 7) is 0. The number of hydrogen-bond donors (Lipinski definition) is 0. The van der Waals surface area contributed by atoms with Crippen molar-refractivity contribution in [3.63, 3.8) is 0 Å². The Kier molecular flexibility index (Phi) is 8.08. The molecule has 55 heavy (non-hydrogen) atoms. The Bertz CT molecular complexity index is 2700. The molecule has 0 saturated carbocycles. The van der Waals surface area contributed by atoms with E-state index in [0.717, 1.165) is 39.2 Å². The predicted octanol–water partition coefficient (Wildman–Crippen LogP) is 13.2. The lowest BCUT2D eigenvalue weighted by atomic mass is 9.67. The Morgan fingerprint density at radius 1 is 0.291 bits per heavy atom. The molecule has 0 atom stereocenters. The number of hydrogen-bond acceptors (Lipinski definition) is 2. The van der Waals surface area contributed by atoms with E-state index in [9.17, 15) is 0 Å². The first-order valence-corrected chi connectivity index (χ1v) is 18.8. The van der Waals surface area contributed by atoms with Crippen LogP contribution in [-0.2, 0) is 5.41 Å². The lowest BCUT2D eigenvalue weighted by molar-refractivity contribution is 0.768. The molecule has 0 aliphatic heterocycles. The quantitative estimate of drug-likeness (QED) is 0.165. The molecule has 1 heterocycles. The Hall–Kier alpha value is -7.16. The fourth-order valence-electron chi connectivity index (χ4n) is 8.53. The molecule has 0 bridgehead atoms. The third-order valence-corrected chi connectivity index (χ3v) is 11.0. The van der Waals surface area contributed by atoms with Crippen LogP contribution in [0.1, 0.15) is 22.3 Å². The molecule has 0 saturated heterocycles. The normalized spacial score (nSPS) is 12.5. The van der Waals surface area contributed by atoms with Gasteiger partial charge in [0.05, 0.1) is 16.8 Å². The van der Waals surface area contributed by atoms with E-state index in [1.54, 1.807) is 0 Å². The van der Waals surface area contributed by atoms with Crippen molar-refractivity contribution >= 4 is 0 Å². The van der Waals surface area contributed by atoms with Gasteiger partial charge in [-0.1, -0.05) is 200 Å². The lowest BCUT2D eigenvalue weighted by Crippen LogP contribution is -2.28. The zero-order chi connectivity index (χ0) is 36.6. The van der Waals surface area contributed by atoms with Crippen molar-refractivity contribution in [3.8, 4) is 67.3 Å². The van der Waals surface area contributed by atoms with Crippen LogP contribution in [0.25, 0.3) is 67.3 Å². The molecule has 2 nitrogen and oxygen atoms in total. The summed E-state index contributed by atoms with van der Waals surface area (Å²) in [5.41, 5.74) is 16.9. The SMILES string of the molecule is c1ccc(-c2cc(-c3cccc(-c4cccc(-c5cccc6c5-c5ccccc5C6(c5ccccc5)c5ccccc5)c4)c3)nc(-c3ccccc3)n2)cc1. The second-order valence-electron chi connectivity index (χ2n) is 14.1. The number of fused-ring (bicyclic) bond motifs is 3. The Morgan fingerprint density at radius 3 is 1.38 bits per heavy atom. The zero-order valence-electron chi connectivity index (χ0n) is 30.2. The fraction of sp³-hybridized carbons (Fsp3) is 0.0189. The summed E-state index contributed by atoms with van der Waals surface area (Å²) in [4.78, 5) is 10.1. The smallest absolute Gasteiger partial charge is 0.160 e. The van der Waals surface area contributed by atoms with E-state index in [4.69, 9.17) is 9.97 Å². The van der Waals surface area contributed by atoms with Crippen molar-refractivity contribution in [2.45, 2.75) is 5.41 Å². The number of nitrogens with zero attached hydrogens (tertiary/aromatic N) is 2. The van der Waals surface area contributed by atoms with Gasteiger partial charge < -0.3 is 0 Å². The minimum absolute atomic E-state index is 0.439. The topological polar surface area (TPSA) is 25.8 Å². The Morgan fingerprint density at radius 2 is 0.727 bits per heavy atom. The molecule has 0 amide bonds. The fourth-order valence-corrected chi connectivity index (χ4v) is 8.53. The van der Waals surface area contributed by atoms with Gasteiger partial charge in [0.25, 0.3) is 0 Å². The Labute approximate surface area is 322 Å². The maximum atomic E-state index is 5.11. The van der Waals surface area contributed by atoms with Crippen LogP contribution in [0.15, 0.2) is 218 Å². The summed E-state index contributed by atoms with van der Waals surface area (Å²) < 4.78 is 0. The van der Waals surface area contributed by atoms with Crippen molar-refractivity contribution in [1.82, 2.24) is 9.97 Å². The first-order valence-electron chi connectivity index (χ1n) is 18.8. The van der Waals surface area contributed by atoms with Gasteiger partial charge in [-0.2, -0.15) is 0 Å².